The van der Waals surface area contributed by atoms with Gasteiger partial charge in [-0.15, -0.1) is 0 Å². The van der Waals surface area contributed by atoms with Gasteiger partial charge >= 0.3 is 0 Å². The molecule has 80 valence electrons. The second-order valence-corrected chi connectivity index (χ2v) is 4.14. The first-order valence-electron chi connectivity index (χ1n) is 5.31. The fraction of sp³-hybridized carbons (Fsp3) is 0.417. The Balaban J connectivity index is 2.22. The molecular formula is C12H16N2O. The summed E-state index contributed by atoms with van der Waals surface area (Å²) in [4.78, 5) is 11.8. The molecule has 2 N–H and O–H groups in total. The maximum atomic E-state index is 11.8. The van der Waals surface area contributed by atoms with Crippen LogP contribution in [0.2, 0.25) is 0 Å². The van der Waals surface area contributed by atoms with E-state index in [1.54, 1.807) is 0 Å². The Hall–Kier alpha value is -1.35. The maximum Gasteiger partial charge on any atom is 0.243 e. The predicted molar refractivity (Wildman–Crippen MR) is 59.1 cm³/mol. The Morgan fingerprint density at radius 3 is 2.67 bits per heavy atom. The minimum Gasteiger partial charge on any atom is -0.280 e. The van der Waals surface area contributed by atoms with Gasteiger partial charge < -0.3 is 0 Å². The van der Waals surface area contributed by atoms with E-state index in [4.69, 9.17) is 5.84 Å². The lowest BCUT2D eigenvalue weighted by Crippen LogP contribution is -2.44. The van der Waals surface area contributed by atoms with E-state index in [0.717, 1.165) is 18.4 Å². The van der Waals surface area contributed by atoms with Crippen LogP contribution in [0.3, 0.4) is 0 Å². The molecule has 1 aliphatic rings. The lowest BCUT2D eigenvalue weighted by Gasteiger charge is -2.28. The Bertz CT molecular complexity index is 358. The second-order valence-electron chi connectivity index (χ2n) is 4.14. The number of hydrogen-bond donors (Lipinski definition) is 1. The number of amides is 1. The van der Waals surface area contributed by atoms with Crippen molar-refractivity contribution in [1.82, 2.24) is 5.01 Å². The Kier molecular flexibility index (Phi) is 2.73. The average molecular weight is 204 g/mol. The van der Waals surface area contributed by atoms with Gasteiger partial charge in [-0.1, -0.05) is 29.8 Å². The van der Waals surface area contributed by atoms with Crippen molar-refractivity contribution in [2.75, 3.05) is 6.54 Å². The van der Waals surface area contributed by atoms with E-state index in [1.807, 2.05) is 31.2 Å². The molecule has 0 aliphatic carbocycles. The van der Waals surface area contributed by atoms with Crippen molar-refractivity contribution in [2.45, 2.75) is 25.7 Å². The smallest absolute Gasteiger partial charge is 0.243 e. The lowest BCUT2D eigenvalue weighted by atomic mass is 9.90. The van der Waals surface area contributed by atoms with E-state index in [-0.39, 0.29) is 11.8 Å². The molecule has 0 saturated carbocycles. The van der Waals surface area contributed by atoms with E-state index in [9.17, 15) is 4.79 Å². The van der Waals surface area contributed by atoms with E-state index >= 15 is 0 Å². The molecule has 1 heterocycles. The molecule has 0 aromatic heterocycles. The highest BCUT2D eigenvalue weighted by atomic mass is 16.2. The Labute approximate surface area is 89.8 Å². The van der Waals surface area contributed by atoms with Gasteiger partial charge in [-0.2, -0.15) is 0 Å². The molecule has 2 rings (SSSR count). The largest absolute Gasteiger partial charge is 0.280 e. The van der Waals surface area contributed by atoms with Crippen LogP contribution in [0.25, 0.3) is 0 Å². The molecule has 15 heavy (non-hydrogen) atoms. The molecule has 1 amide bonds. The standard InChI is InChI=1S/C12H16N2O/c1-9-4-6-10(7-5-9)11-3-2-8-14(13)12(11)15/h4-7,11H,2-3,8,13H2,1H3. The molecule has 1 unspecified atom stereocenters. The van der Waals surface area contributed by atoms with Gasteiger partial charge in [0.05, 0.1) is 5.92 Å². The number of hydrazine groups is 1. The summed E-state index contributed by atoms with van der Waals surface area (Å²) in [6, 6.07) is 8.13. The summed E-state index contributed by atoms with van der Waals surface area (Å²) in [6.45, 7) is 2.73. The molecule has 3 nitrogen and oxygen atoms in total. The second kappa shape index (κ2) is 4.03. The van der Waals surface area contributed by atoms with Gasteiger partial charge in [0.2, 0.25) is 5.91 Å². The number of nitrogens with two attached hydrogens (primary N) is 1. The molecular weight excluding hydrogens is 188 g/mol. The molecule has 0 radical (unpaired) electrons. The first-order valence-corrected chi connectivity index (χ1v) is 5.31. The summed E-state index contributed by atoms with van der Waals surface area (Å²) >= 11 is 0. The first-order chi connectivity index (χ1) is 7.18. The predicted octanol–water partition coefficient (Wildman–Crippen LogP) is 1.57. The van der Waals surface area contributed by atoms with Crippen molar-refractivity contribution in [1.29, 1.82) is 0 Å². The number of nitrogens with zero attached hydrogens (tertiary/aromatic N) is 1. The number of hydrogen-bond acceptors (Lipinski definition) is 2. The van der Waals surface area contributed by atoms with E-state index in [2.05, 4.69) is 0 Å². The maximum absolute atomic E-state index is 11.8. The normalized spacial score (nSPS) is 21.9. The summed E-state index contributed by atoms with van der Waals surface area (Å²) in [7, 11) is 0. The van der Waals surface area contributed by atoms with Gasteiger partial charge in [-0.25, -0.2) is 5.84 Å². The zero-order chi connectivity index (χ0) is 10.8. The quantitative estimate of drug-likeness (QED) is 0.557. The number of rotatable bonds is 1. The topological polar surface area (TPSA) is 46.3 Å². The van der Waals surface area contributed by atoms with Gasteiger partial charge in [0.15, 0.2) is 0 Å². The van der Waals surface area contributed by atoms with Crippen molar-refractivity contribution in [3.63, 3.8) is 0 Å². The highest BCUT2D eigenvalue weighted by Gasteiger charge is 2.27. The first kappa shape index (κ1) is 10.2. The highest BCUT2D eigenvalue weighted by Crippen LogP contribution is 2.26. The van der Waals surface area contributed by atoms with Crippen molar-refractivity contribution in [3.05, 3.63) is 35.4 Å². The minimum absolute atomic E-state index is 0.0376. The molecule has 1 atom stereocenters. The molecule has 1 fully saturated rings. The average Bonchev–Trinajstić information content (AvgIpc) is 2.24. The molecule has 0 bridgehead atoms. The molecule has 1 aliphatic heterocycles. The van der Waals surface area contributed by atoms with Gasteiger partial charge in [-0.05, 0) is 25.3 Å². The van der Waals surface area contributed by atoms with Crippen LogP contribution in [0, 0.1) is 6.92 Å². The van der Waals surface area contributed by atoms with Gasteiger partial charge in [0.25, 0.3) is 0 Å². The lowest BCUT2D eigenvalue weighted by molar-refractivity contribution is -0.135. The number of carbonyl (C=O) groups is 1. The minimum atomic E-state index is -0.0376. The highest BCUT2D eigenvalue weighted by molar-refractivity contribution is 5.83. The molecule has 1 saturated heterocycles. The number of benzene rings is 1. The van der Waals surface area contributed by atoms with Crippen LogP contribution in [0.15, 0.2) is 24.3 Å². The molecule has 0 spiro atoms. The molecule has 1 aromatic rings. The zero-order valence-electron chi connectivity index (χ0n) is 8.94. The third-order valence-corrected chi connectivity index (χ3v) is 2.95. The van der Waals surface area contributed by atoms with Gasteiger partial charge in [0, 0.05) is 6.54 Å². The zero-order valence-corrected chi connectivity index (χ0v) is 8.94. The summed E-state index contributed by atoms with van der Waals surface area (Å²) in [5.74, 6) is 5.63. The number of aryl methyl sites for hydroxylation is 1. The van der Waals surface area contributed by atoms with Gasteiger partial charge in [0.1, 0.15) is 0 Å². The fourth-order valence-corrected chi connectivity index (χ4v) is 2.01. The summed E-state index contributed by atoms with van der Waals surface area (Å²) in [5, 5.41) is 1.34. The van der Waals surface area contributed by atoms with Crippen LogP contribution < -0.4 is 5.84 Å². The number of piperidine rings is 1. The number of carbonyl (C=O) groups excluding carboxylic acids is 1. The Morgan fingerprint density at radius 1 is 1.33 bits per heavy atom. The van der Waals surface area contributed by atoms with E-state index in [0.29, 0.717) is 6.54 Å². The third-order valence-electron chi connectivity index (χ3n) is 2.95. The summed E-state index contributed by atoms with van der Waals surface area (Å²) < 4.78 is 0. The van der Waals surface area contributed by atoms with Crippen LogP contribution in [-0.4, -0.2) is 17.5 Å². The third kappa shape index (κ3) is 2.02. The van der Waals surface area contributed by atoms with Crippen molar-refractivity contribution in [2.24, 2.45) is 5.84 Å². The summed E-state index contributed by atoms with van der Waals surface area (Å²) in [5.41, 5.74) is 2.30. The van der Waals surface area contributed by atoms with Crippen LogP contribution in [0.1, 0.15) is 29.9 Å². The van der Waals surface area contributed by atoms with Crippen LogP contribution in [0.5, 0.6) is 0 Å². The van der Waals surface area contributed by atoms with Crippen molar-refractivity contribution >= 4 is 5.91 Å². The van der Waals surface area contributed by atoms with Crippen molar-refractivity contribution < 1.29 is 4.79 Å². The van der Waals surface area contributed by atoms with Crippen molar-refractivity contribution in [3.8, 4) is 0 Å². The van der Waals surface area contributed by atoms with E-state index < -0.39 is 0 Å². The molecule has 3 heteroatoms. The molecule has 1 aromatic carbocycles. The van der Waals surface area contributed by atoms with Crippen LogP contribution in [-0.2, 0) is 4.79 Å². The fourth-order valence-electron chi connectivity index (χ4n) is 2.01. The monoisotopic (exact) mass is 204 g/mol. The van der Waals surface area contributed by atoms with E-state index in [1.165, 1.54) is 10.6 Å². The summed E-state index contributed by atoms with van der Waals surface area (Å²) in [6.07, 6.45) is 1.90. The SMILES string of the molecule is Cc1ccc(C2CCCN(N)C2=O)cc1. The van der Waals surface area contributed by atoms with Crippen LogP contribution in [0.4, 0.5) is 0 Å². The Morgan fingerprint density at radius 2 is 2.00 bits per heavy atom. The van der Waals surface area contributed by atoms with Gasteiger partial charge in [-0.3, -0.25) is 9.80 Å². The van der Waals surface area contributed by atoms with Crippen LogP contribution >= 0.6 is 0 Å².